The number of carbonyl (C=O) groups is 1. The molecule has 0 aliphatic carbocycles. The number of rotatable bonds is 6. The van der Waals surface area contributed by atoms with Gasteiger partial charge >= 0.3 is 12.3 Å². The van der Waals surface area contributed by atoms with E-state index in [0.717, 1.165) is 18.2 Å². The van der Waals surface area contributed by atoms with Crippen LogP contribution in [0.3, 0.4) is 0 Å². The second-order valence-electron chi connectivity index (χ2n) is 4.23. The van der Waals surface area contributed by atoms with Gasteiger partial charge in [0.25, 0.3) is 0 Å². The van der Waals surface area contributed by atoms with Gasteiger partial charge in [0.2, 0.25) is 6.79 Å². The molecule has 0 amide bonds. The molecule has 0 saturated carbocycles. The van der Waals surface area contributed by atoms with Gasteiger partial charge in [0.15, 0.2) is 11.5 Å². The first-order valence-corrected chi connectivity index (χ1v) is 6.29. The fourth-order valence-electron chi connectivity index (χ4n) is 1.64. The maximum absolute atomic E-state index is 12.3. The van der Waals surface area contributed by atoms with Crippen LogP contribution < -0.4 is 14.2 Å². The quantitative estimate of drug-likeness (QED) is 0.819. The van der Waals surface area contributed by atoms with Crippen molar-refractivity contribution in [1.29, 1.82) is 0 Å². The average Bonchev–Trinajstić information content (AvgIpc) is 2.48. The van der Waals surface area contributed by atoms with Gasteiger partial charge in [-0.15, -0.1) is 13.2 Å². The number of ether oxygens (including phenoxy) is 3. The van der Waals surface area contributed by atoms with E-state index in [-0.39, 0.29) is 5.56 Å². The molecule has 2 aromatic carbocycles. The SMILES string of the molecule is O=C(O)c1ccc(OC(F)(F)F)c(OCOc2ccccc2)c1. The van der Waals surface area contributed by atoms with Crippen molar-refractivity contribution in [2.75, 3.05) is 6.79 Å². The predicted octanol–water partition coefficient (Wildman–Crippen LogP) is 3.70. The van der Waals surface area contributed by atoms with Crippen LogP contribution in [0.1, 0.15) is 10.4 Å². The Labute approximate surface area is 128 Å². The lowest BCUT2D eigenvalue weighted by Crippen LogP contribution is -2.18. The zero-order valence-electron chi connectivity index (χ0n) is 11.5. The highest BCUT2D eigenvalue weighted by Gasteiger charge is 2.32. The summed E-state index contributed by atoms with van der Waals surface area (Å²) in [5.41, 5.74) is -0.241. The summed E-state index contributed by atoms with van der Waals surface area (Å²) >= 11 is 0. The summed E-state index contributed by atoms with van der Waals surface area (Å²) in [6.45, 7) is -0.415. The Kier molecular flexibility index (Phi) is 4.95. The number of hydrogen-bond donors (Lipinski definition) is 1. The van der Waals surface area contributed by atoms with Crippen LogP contribution in [0.4, 0.5) is 13.2 Å². The van der Waals surface area contributed by atoms with Crippen LogP contribution in [-0.2, 0) is 0 Å². The molecule has 0 aromatic heterocycles. The average molecular weight is 328 g/mol. The summed E-state index contributed by atoms with van der Waals surface area (Å²) in [6, 6.07) is 11.2. The van der Waals surface area contributed by atoms with Crippen molar-refractivity contribution in [1.82, 2.24) is 0 Å². The van der Waals surface area contributed by atoms with Crippen molar-refractivity contribution in [2.45, 2.75) is 6.36 Å². The van der Waals surface area contributed by atoms with E-state index in [2.05, 4.69) is 4.74 Å². The number of benzene rings is 2. The standard InChI is InChI=1S/C15H11F3O5/c16-15(17,18)23-12-7-6-10(14(19)20)8-13(12)22-9-21-11-4-2-1-3-5-11/h1-8H,9H2,(H,19,20). The number of hydrogen-bond acceptors (Lipinski definition) is 4. The van der Waals surface area contributed by atoms with Gasteiger partial charge in [-0.1, -0.05) is 18.2 Å². The van der Waals surface area contributed by atoms with Gasteiger partial charge in [-0.2, -0.15) is 0 Å². The molecular weight excluding hydrogens is 317 g/mol. The van der Waals surface area contributed by atoms with Crippen LogP contribution in [0.25, 0.3) is 0 Å². The maximum Gasteiger partial charge on any atom is 0.573 e. The molecule has 23 heavy (non-hydrogen) atoms. The number of carboxylic acid groups (broad SMARTS) is 1. The highest BCUT2D eigenvalue weighted by Crippen LogP contribution is 2.33. The Morgan fingerprint density at radius 2 is 1.70 bits per heavy atom. The lowest BCUT2D eigenvalue weighted by atomic mass is 10.2. The molecule has 0 atom stereocenters. The highest BCUT2D eigenvalue weighted by atomic mass is 19.4. The molecule has 1 N–H and O–H groups in total. The van der Waals surface area contributed by atoms with Crippen molar-refractivity contribution in [3.63, 3.8) is 0 Å². The molecule has 8 heteroatoms. The minimum absolute atomic E-state index is 0.241. The number of alkyl halides is 3. The van der Waals surface area contributed by atoms with Crippen molar-refractivity contribution in [3.8, 4) is 17.2 Å². The molecule has 0 fully saturated rings. The lowest BCUT2D eigenvalue weighted by Gasteiger charge is -2.15. The Hall–Kier alpha value is -2.90. The zero-order chi connectivity index (χ0) is 16.9. The normalized spacial score (nSPS) is 10.9. The third kappa shape index (κ3) is 5.10. The third-order valence-electron chi connectivity index (χ3n) is 2.60. The van der Waals surface area contributed by atoms with Crippen molar-refractivity contribution in [3.05, 3.63) is 54.1 Å². The van der Waals surface area contributed by atoms with E-state index in [1.807, 2.05) is 0 Å². The molecule has 5 nitrogen and oxygen atoms in total. The van der Waals surface area contributed by atoms with Gasteiger partial charge in [-0.05, 0) is 30.3 Å². The summed E-state index contributed by atoms with van der Waals surface area (Å²) in [6.07, 6.45) is -4.93. The van der Waals surface area contributed by atoms with Gasteiger partial charge in [0, 0.05) is 0 Å². The van der Waals surface area contributed by atoms with E-state index in [1.54, 1.807) is 30.3 Å². The largest absolute Gasteiger partial charge is 0.573 e. The molecule has 122 valence electrons. The van der Waals surface area contributed by atoms with Gasteiger partial charge in [-0.3, -0.25) is 0 Å². The minimum Gasteiger partial charge on any atom is -0.478 e. The molecule has 0 saturated heterocycles. The highest BCUT2D eigenvalue weighted by molar-refractivity contribution is 5.88. The summed E-state index contributed by atoms with van der Waals surface area (Å²) in [7, 11) is 0. The Morgan fingerprint density at radius 1 is 1.00 bits per heavy atom. The molecule has 0 unspecified atom stereocenters. The summed E-state index contributed by atoms with van der Waals surface area (Å²) in [5, 5.41) is 8.89. The third-order valence-corrected chi connectivity index (χ3v) is 2.60. The second-order valence-corrected chi connectivity index (χ2v) is 4.23. The molecule has 0 aliphatic heterocycles. The van der Waals surface area contributed by atoms with Gasteiger partial charge in [0.05, 0.1) is 5.56 Å². The number of aromatic carboxylic acids is 1. The molecule has 0 heterocycles. The Balaban J connectivity index is 2.13. The van der Waals surface area contributed by atoms with Crippen LogP contribution in [0.2, 0.25) is 0 Å². The molecule has 0 bridgehead atoms. The summed E-state index contributed by atoms with van der Waals surface area (Å²) < 4.78 is 51.1. The van der Waals surface area contributed by atoms with Gasteiger partial charge < -0.3 is 19.3 Å². The summed E-state index contributed by atoms with van der Waals surface area (Å²) in [5.74, 6) is -1.91. The molecule has 0 aliphatic rings. The molecule has 2 aromatic rings. The van der Waals surface area contributed by atoms with Crippen molar-refractivity contribution in [2.24, 2.45) is 0 Å². The van der Waals surface area contributed by atoms with Crippen molar-refractivity contribution >= 4 is 5.97 Å². The Morgan fingerprint density at radius 3 is 2.30 bits per heavy atom. The van der Waals surface area contributed by atoms with Crippen LogP contribution in [0.5, 0.6) is 17.2 Å². The van der Waals surface area contributed by atoms with Crippen molar-refractivity contribution < 1.29 is 37.3 Å². The zero-order valence-corrected chi connectivity index (χ0v) is 11.5. The first kappa shape index (κ1) is 16.5. The second kappa shape index (κ2) is 6.91. The van der Waals surface area contributed by atoms with E-state index < -0.39 is 30.6 Å². The number of para-hydroxylation sites is 1. The molecule has 2 rings (SSSR count). The first-order valence-electron chi connectivity index (χ1n) is 6.29. The monoisotopic (exact) mass is 328 g/mol. The predicted molar refractivity (Wildman–Crippen MR) is 72.6 cm³/mol. The van der Waals surface area contributed by atoms with E-state index in [1.165, 1.54) is 0 Å². The van der Waals surface area contributed by atoms with Gasteiger partial charge in [-0.25, -0.2) is 4.79 Å². The molecular formula is C15H11F3O5. The minimum atomic E-state index is -4.93. The van der Waals surface area contributed by atoms with E-state index in [9.17, 15) is 18.0 Å². The first-order chi connectivity index (χ1) is 10.8. The smallest absolute Gasteiger partial charge is 0.478 e. The number of halogens is 3. The van der Waals surface area contributed by atoms with Crippen LogP contribution in [0, 0.1) is 0 Å². The maximum atomic E-state index is 12.3. The Bertz CT molecular complexity index is 671. The van der Waals surface area contributed by atoms with E-state index in [4.69, 9.17) is 14.6 Å². The molecule has 0 radical (unpaired) electrons. The topological polar surface area (TPSA) is 65.0 Å². The van der Waals surface area contributed by atoms with Crippen LogP contribution >= 0.6 is 0 Å². The lowest BCUT2D eigenvalue weighted by molar-refractivity contribution is -0.275. The summed E-state index contributed by atoms with van der Waals surface area (Å²) in [4.78, 5) is 10.9. The fraction of sp³-hybridized carbons (Fsp3) is 0.133. The van der Waals surface area contributed by atoms with E-state index in [0.29, 0.717) is 5.75 Å². The van der Waals surface area contributed by atoms with Gasteiger partial charge in [0.1, 0.15) is 5.75 Å². The van der Waals surface area contributed by atoms with E-state index >= 15 is 0 Å². The van der Waals surface area contributed by atoms with Crippen LogP contribution in [0.15, 0.2) is 48.5 Å². The molecule has 0 spiro atoms. The fourth-order valence-corrected chi connectivity index (χ4v) is 1.64. The number of carboxylic acids is 1. The van der Waals surface area contributed by atoms with Crippen LogP contribution in [-0.4, -0.2) is 24.2 Å².